The molecular formula is C11H8INO2S. The van der Waals surface area contributed by atoms with Crippen LogP contribution in [0.1, 0.15) is 0 Å². The molecule has 0 spiro atoms. The fraction of sp³-hybridized carbons (Fsp3) is 0. The first-order valence-electron chi connectivity index (χ1n) is 4.51. The largest absolute Gasteiger partial charge is 0.464 e. The lowest BCUT2D eigenvalue weighted by molar-refractivity contribution is 0.205. The van der Waals surface area contributed by atoms with Gasteiger partial charge in [0.1, 0.15) is 5.00 Å². The molecule has 5 heteroatoms. The van der Waals surface area contributed by atoms with Gasteiger partial charge in [0.25, 0.3) is 0 Å². The standard InChI is InChI=1S/C11H8INO2S/c12-8-4-1-2-5-9(8)13(11(14)15)10-6-3-7-16-10/h1-7H,(H,14,15). The van der Waals surface area contributed by atoms with Crippen LogP contribution in [0.25, 0.3) is 0 Å². The van der Waals surface area contributed by atoms with Gasteiger partial charge in [0.05, 0.1) is 5.69 Å². The topological polar surface area (TPSA) is 40.5 Å². The molecule has 1 heterocycles. The first-order chi connectivity index (χ1) is 7.70. The Kier molecular flexibility index (Phi) is 3.45. The highest BCUT2D eigenvalue weighted by atomic mass is 127. The van der Waals surface area contributed by atoms with Gasteiger partial charge in [0, 0.05) is 3.57 Å². The molecule has 0 bridgehead atoms. The molecule has 2 rings (SSSR count). The maximum Gasteiger partial charge on any atom is 0.417 e. The van der Waals surface area contributed by atoms with Crippen molar-refractivity contribution in [2.24, 2.45) is 0 Å². The third kappa shape index (κ3) is 2.19. The number of rotatable bonds is 2. The summed E-state index contributed by atoms with van der Waals surface area (Å²) >= 11 is 3.54. The van der Waals surface area contributed by atoms with E-state index in [4.69, 9.17) is 0 Å². The van der Waals surface area contributed by atoms with E-state index < -0.39 is 6.09 Å². The number of para-hydroxylation sites is 1. The fourth-order valence-electron chi connectivity index (χ4n) is 1.35. The zero-order valence-electron chi connectivity index (χ0n) is 8.13. The predicted molar refractivity (Wildman–Crippen MR) is 73.6 cm³/mol. The van der Waals surface area contributed by atoms with Crippen molar-refractivity contribution in [1.82, 2.24) is 0 Å². The van der Waals surface area contributed by atoms with Gasteiger partial charge in [-0.2, -0.15) is 0 Å². The fourth-order valence-corrected chi connectivity index (χ4v) is 2.71. The van der Waals surface area contributed by atoms with E-state index in [1.165, 1.54) is 16.2 Å². The molecule has 1 amide bonds. The monoisotopic (exact) mass is 345 g/mol. The maximum atomic E-state index is 11.3. The molecule has 3 nitrogen and oxygen atoms in total. The minimum Gasteiger partial charge on any atom is -0.464 e. The smallest absolute Gasteiger partial charge is 0.417 e. The van der Waals surface area contributed by atoms with Crippen molar-refractivity contribution < 1.29 is 9.90 Å². The Labute approximate surface area is 110 Å². The van der Waals surface area contributed by atoms with E-state index in [2.05, 4.69) is 22.6 Å². The average Bonchev–Trinajstić information content (AvgIpc) is 2.74. The zero-order chi connectivity index (χ0) is 11.5. The number of amides is 1. The van der Waals surface area contributed by atoms with E-state index >= 15 is 0 Å². The predicted octanol–water partition coefficient (Wildman–Crippen LogP) is 4.17. The van der Waals surface area contributed by atoms with Crippen molar-refractivity contribution in [3.63, 3.8) is 0 Å². The number of carbonyl (C=O) groups is 1. The van der Waals surface area contributed by atoms with Gasteiger partial charge in [-0.3, -0.25) is 0 Å². The lowest BCUT2D eigenvalue weighted by atomic mass is 10.3. The molecule has 2 aromatic rings. The normalized spacial score (nSPS) is 10.1. The van der Waals surface area contributed by atoms with Crippen LogP contribution in [0.2, 0.25) is 0 Å². The quantitative estimate of drug-likeness (QED) is 0.830. The SMILES string of the molecule is O=C(O)N(c1cccs1)c1ccccc1I. The van der Waals surface area contributed by atoms with E-state index in [1.54, 1.807) is 12.1 Å². The molecule has 0 aliphatic heterocycles. The summed E-state index contributed by atoms with van der Waals surface area (Å²) in [6.07, 6.45) is -0.966. The van der Waals surface area contributed by atoms with E-state index in [0.29, 0.717) is 10.7 Å². The maximum absolute atomic E-state index is 11.3. The Morgan fingerprint density at radius 2 is 2.00 bits per heavy atom. The van der Waals surface area contributed by atoms with Gasteiger partial charge in [0.2, 0.25) is 0 Å². The second-order valence-electron chi connectivity index (χ2n) is 3.02. The van der Waals surface area contributed by atoms with Crippen molar-refractivity contribution in [2.75, 3.05) is 4.90 Å². The van der Waals surface area contributed by atoms with Gasteiger partial charge < -0.3 is 5.11 Å². The van der Waals surface area contributed by atoms with Crippen molar-refractivity contribution in [3.8, 4) is 0 Å². The van der Waals surface area contributed by atoms with Crippen LogP contribution in [0.15, 0.2) is 41.8 Å². The van der Waals surface area contributed by atoms with Crippen molar-refractivity contribution >= 4 is 50.7 Å². The highest BCUT2D eigenvalue weighted by Gasteiger charge is 2.19. The van der Waals surface area contributed by atoms with E-state index in [-0.39, 0.29) is 0 Å². The summed E-state index contributed by atoms with van der Waals surface area (Å²) in [5, 5.41) is 11.8. The lowest BCUT2D eigenvalue weighted by Crippen LogP contribution is -2.23. The molecule has 0 saturated heterocycles. The summed E-state index contributed by atoms with van der Waals surface area (Å²) < 4.78 is 0.913. The Hall–Kier alpha value is -1.08. The van der Waals surface area contributed by atoms with Crippen LogP contribution in [0.5, 0.6) is 0 Å². The minimum absolute atomic E-state index is 0.693. The van der Waals surface area contributed by atoms with Gasteiger partial charge in [-0.15, -0.1) is 11.3 Å². The summed E-state index contributed by atoms with van der Waals surface area (Å²) in [7, 11) is 0. The van der Waals surface area contributed by atoms with Crippen LogP contribution in [-0.4, -0.2) is 11.2 Å². The van der Waals surface area contributed by atoms with Crippen molar-refractivity contribution in [1.29, 1.82) is 0 Å². The highest BCUT2D eigenvalue weighted by molar-refractivity contribution is 14.1. The van der Waals surface area contributed by atoms with Gasteiger partial charge in [0.15, 0.2) is 0 Å². The summed E-state index contributed by atoms with van der Waals surface area (Å²) in [4.78, 5) is 12.6. The second kappa shape index (κ2) is 4.84. The summed E-state index contributed by atoms with van der Waals surface area (Å²) in [5.74, 6) is 0. The molecule has 0 aliphatic rings. The molecule has 0 atom stereocenters. The molecule has 0 radical (unpaired) electrons. The van der Waals surface area contributed by atoms with Gasteiger partial charge in [-0.1, -0.05) is 12.1 Å². The molecule has 0 saturated carbocycles. The lowest BCUT2D eigenvalue weighted by Gasteiger charge is -2.18. The van der Waals surface area contributed by atoms with Crippen molar-refractivity contribution in [2.45, 2.75) is 0 Å². The number of anilines is 2. The van der Waals surface area contributed by atoms with Crippen LogP contribution < -0.4 is 4.90 Å². The van der Waals surface area contributed by atoms with Crippen molar-refractivity contribution in [3.05, 3.63) is 45.3 Å². The number of hydrogen-bond acceptors (Lipinski definition) is 2. The number of nitrogens with zero attached hydrogens (tertiary/aromatic N) is 1. The molecule has 16 heavy (non-hydrogen) atoms. The highest BCUT2D eigenvalue weighted by Crippen LogP contribution is 2.32. The van der Waals surface area contributed by atoms with Crippen LogP contribution in [0.3, 0.4) is 0 Å². The van der Waals surface area contributed by atoms with Crippen LogP contribution in [0.4, 0.5) is 15.5 Å². The van der Waals surface area contributed by atoms with E-state index in [9.17, 15) is 9.90 Å². The summed E-state index contributed by atoms with van der Waals surface area (Å²) in [6.45, 7) is 0. The molecule has 82 valence electrons. The molecule has 0 fully saturated rings. The number of halogens is 1. The second-order valence-corrected chi connectivity index (χ2v) is 5.11. The van der Waals surface area contributed by atoms with Crippen LogP contribution >= 0.6 is 33.9 Å². The molecule has 1 aromatic heterocycles. The average molecular weight is 345 g/mol. The third-order valence-corrected chi connectivity index (χ3v) is 3.78. The van der Waals surface area contributed by atoms with Gasteiger partial charge in [-0.05, 0) is 52.2 Å². The summed E-state index contributed by atoms with van der Waals surface area (Å²) in [5.41, 5.74) is 0.693. The first kappa shape index (κ1) is 11.4. The molecule has 0 unspecified atom stereocenters. The summed E-state index contributed by atoms with van der Waals surface area (Å²) in [6, 6.07) is 11.0. The van der Waals surface area contributed by atoms with Crippen LogP contribution in [-0.2, 0) is 0 Å². The third-order valence-electron chi connectivity index (χ3n) is 2.01. The van der Waals surface area contributed by atoms with E-state index in [1.807, 2.05) is 29.6 Å². The molecule has 0 aliphatic carbocycles. The Bertz CT molecular complexity index is 498. The van der Waals surface area contributed by atoms with E-state index in [0.717, 1.165) is 3.57 Å². The molecule has 1 N–H and O–H groups in total. The number of hydrogen-bond donors (Lipinski definition) is 1. The minimum atomic E-state index is -0.966. The Balaban J connectivity index is 2.50. The van der Waals surface area contributed by atoms with Crippen LogP contribution in [0, 0.1) is 3.57 Å². The Morgan fingerprint density at radius 3 is 2.56 bits per heavy atom. The molecular weight excluding hydrogens is 337 g/mol. The molecule has 1 aromatic carbocycles. The Morgan fingerprint density at radius 1 is 1.25 bits per heavy atom. The van der Waals surface area contributed by atoms with Gasteiger partial charge >= 0.3 is 6.09 Å². The number of thiophene rings is 1. The van der Waals surface area contributed by atoms with Gasteiger partial charge in [-0.25, -0.2) is 9.69 Å². The number of carboxylic acid groups (broad SMARTS) is 1. The number of benzene rings is 1. The first-order valence-corrected chi connectivity index (χ1v) is 6.47. The zero-order valence-corrected chi connectivity index (χ0v) is 11.1.